The van der Waals surface area contributed by atoms with E-state index in [1.165, 1.54) is 12.7 Å². The number of carbonyl (C=O) groups is 1. The zero-order valence-corrected chi connectivity index (χ0v) is 15.7. The summed E-state index contributed by atoms with van der Waals surface area (Å²) in [5.41, 5.74) is 0.815. The van der Waals surface area contributed by atoms with E-state index in [9.17, 15) is 9.90 Å². The summed E-state index contributed by atoms with van der Waals surface area (Å²) in [5.74, 6) is 0.797. The fraction of sp³-hybridized carbons (Fsp3) is 0.300. The molecule has 2 saturated heterocycles. The van der Waals surface area contributed by atoms with Crippen molar-refractivity contribution >= 4 is 11.9 Å². The van der Waals surface area contributed by atoms with Crippen LogP contribution < -0.4 is 4.90 Å². The molecular weight excluding hydrogens is 370 g/mol. The summed E-state index contributed by atoms with van der Waals surface area (Å²) in [6, 6.07) is 9.11. The topological polar surface area (TPSA) is 108 Å². The van der Waals surface area contributed by atoms with Gasteiger partial charge in [-0.25, -0.2) is 24.7 Å². The maximum Gasteiger partial charge on any atom is 0.407 e. The molecule has 3 aromatic heterocycles. The Morgan fingerprint density at radius 2 is 1.69 bits per heavy atom. The van der Waals surface area contributed by atoms with Gasteiger partial charge in [-0.1, -0.05) is 6.07 Å². The number of fused-ring (bicyclic) bond motifs is 2. The van der Waals surface area contributed by atoms with E-state index in [-0.39, 0.29) is 18.1 Å². The van der Waals surface area contributed by atoms with Gasteiger partial charge in [-0.15, -0.1) is 0 Å². The van der Waals surface area contributed by atoms with E-state index in [1.54, 1.807) is 29.7 Å². The Bertz CT molecular complexity index is 887. The zero-order chi connectivity index (χ0) is 20.1. The first-order valence-corrected chi connectivity index (χ1v) is 9.40. The van der Waals surface area contributed by atoms with Gasteiger partial charge >= 0.3 is 6.09 Å². The number of amides is 1. The van der Waals surface area contributed by atoms with Gasteiger partial charge in [0, 0.05) is 31.3 Å². The molecule has 0 radical (unpaired) electrons. The summed E-state index contributed by atoms with van der Waals surface area (Å²) < 4.78 is 0. The van der Waals surface area contributed by atoms with Crippen molar-refractivity contribution < 1.29 is 9.90 Å². The molecule has 29 heavy (non-hydrogen) atoms. The third-order valence-electron chi connectivity index (χ3n) is 5.21. The molecule has 0 saturated carbocycles. The van der Waals surface area contributed by atoms with Crippen molar-refractivity contribution in [3.63, 3.8) is 0 Å². The third kappa shape index (κ3) is 3.98. The van der Waals surface area contributed by atoms with Crippen LogP contribution in [0.5, 0.6) is 0 Å². The highest BCUT2D eigenvalue weighted by molar-refractivity contribution is 5.68. The predicted molar refractivity (Wildman–Crippen MR) is 105 cm³/mol. The Labute approximate surface area is 168 Å². The van der Waals surface area contributed by atoms with Gasteiger partial charge < -0.3 is 10.0 Å². The lowest BCUT2D eigenvalue weighted by Gasteiger charge is -2.45. The molecule has 5 heterocycles. The molecule has 1 N–H and O–H groups in total. The monoisotopic (exact) mass is 391 g/mol. The number of rotatable bonds is 2. The van der Waals surface area contributed by atoms with Crippen LogP contribution in [0.4, 0.5) is 10.6 Å². The number of piperazine rings is 1. The quantitative estimate of drug-likeness (QED) is 0.709. The summed E-state index contributed by atoms with van der Waals surface area (Å²) in [4.78, 5) is 35.9. The number of hydrogen-bond acceptors (Lipinski definition) is 7. The van der Waals surface area contributed by atoms with Crippen molar-refractivity contribution in [1.29, 1.82) is 0 Å². The Morgan fingerprint density at radius 3 is 2.24 bits per heavy atom. The van der Waals surface area contributed by atoms with Crippen molar-refractivity contribution in [1.82, 2.24) is 29.8 Å². The van der Waals surface area contributed by atoms with Gasteiger partial charge in [0.2, 0.25) is 0 Å². The van der Waals surface area contributed by atoms with Gasteiger partial charge in [-0.2, -0.15) is 0 Å². The first-order chi connectivity index (χ1) is 14.3. The number of pyridine rings is 1. The van der Waals surface area contributed by atoms with Crippen molar-refractivity contribution in [2.75, 3.05) is 11.4 Å². The van der Waals surface area contributed by atoms with Crippen LogP contribution in [0, 0.1) is 0 Å². The third-order valence-corrected chi connectivity index (χ3v) is 5.21. The van der Waals surface area contributed by atoms with Crippen LogP contribution in [0.25, 0.3) is 0 Å². The average Bonchev–Trinajstić information content (AvgIpc) is 3.11. The van der Waals surface area contributed by atoms with Crippen LogP contribution in [0.2, 0.25) is 0 Å². The minimum Gasteiger partial charge on any atom is -0.465 e. The summed E-state index contributed by atoms with van der Waals surface area (Å²) in [7, 11) is 0. The molecule has 3 atom stereocenters. The van der Waals surface area contributed by atoms with E-state index < -0.39 is 6.09 Å². The van der Waals surface area contributed by atoms with Crippen LogP contribution in [0.15, 0.2) is 67.8 Å². The number of carboxylic acid groups (broad SMARTS) is 1. The molecule has 2 aliphatic heterocycles. The van der Waals surface area contributed by atoms with Gasteiger partial charge in [0.05, 0.1) is 23.8 Å². The lowest BCUT2D eigenvalue weighted by molar-refractivity contribution is 0.100. The van der Waals surface area contributed by atoms with Gasteiger partial charge in [0.1, 0.15) is 18.5 Å². The molecular formula is C20H21N7O2. The highest BCUT2D eigenvalue weighted by Crippen LogP contribution is 2.42. The molecule has 2 aliphatic rings. The largest absolute Gasteiger partial charge is 0.465 e. The smallest absolute Gasteiger partial charge is 0.407 e. The molecule has 2 fully saturated rings. The summed E-state index contributed by atoms with van der Waals surface area (Å²) in [6.45, 7) is 0.606. The van der Waals surface area contributed by atoms with Crippen molar-refractivity contribution in [2.24, 2.45) is 0 Å². The van der Waals surface area contributed by atoms with Crippen molar-refractivity contribution in [3.05, 3.63) is 73.5 Å². The van der Waals surface area contributed by atoms with Crippen molar-refractivity contribution in [3.8, 4) is 0 Å². The summed E-state index contributed by atoms with van der Waals surface area (Å²) in [6.07, 6.45) is 10.7. The number of nitrogens with zero attached hydrogens (tertiary/aromatic N) is 7. The zero-order valence-electron chi connectivity index (χ0n) is 15.7. The number of anilines is 1. The second-order valence-electron chi connectivity index (χ2n) is 6.81. The van der Waals surface area contributed by atoms with Gasteiger partial charge in [0.15, 0.2) is 0 Å². The number of aromatic nitrogens is 5. The molecule has 1 amide bonds. The SMILES string of the molecule is O=C(O)N1C2CCC1C(c1ccncn1)N(c1ccncn1)C2.c1ccncc1. The van der Waals surface area contributed by atoms with E-state index in [4.69, 9.17) is 0 Å². The molecule has 3 aromatic rings. The predicted octanol–water partition coefficient (Wildman–Crippen LogP) is 2.42. The van der Waals surface area contributed by atoms with Crippen LogP contribution in [-0.2, 0) is 0 Å². The van der Waals surface area contributed by atoms with Gasteiger partial charge in [0.25, 0.3) is 0 Å². The number of hydrogen-bond donors (Lipinski definition) is 1. The minimum absolute atomic E-state index is 0.00875. The van der Waals surface area contributed by atoms with E-state index >= 15 is 0 Å². The lowest BCUT2D eigenvalue weighted by atomic mass is 9.99. The van der Waals surface area contributed by atoms with Crippen LogP contribution in [-0.4, -0.2) is 59.6 Å². The molecule has 148 valence electrons. The maximum absolute atomic E-state index is 11.7. The van der Waals surface area contributed by atoms with Crippen molar-refractivity contribution in [2.45, 2.75) is 31.0 Å². The Morgan fingerprint density at radius 1 is 0.931 bits per heavy atom. The van der Waals surface area contributed by atoms with Gasteiger partial charge in [-0.05, 0) is 37.1 Å². The van der Waals surface area contributed by atoms with E-state index in [0.717, 1.165) is 24.4 Å². The molecule has 0 spiro atoms. The molecule has 5 rings (SSSR count). The lowest BCUT2D eigenvalue weighted by Crippen LogP contribution is -2.57. The van der Waals surface area contributed by atoms with Crippen LogP contribution >= 0.6 is 0 Å². The molecule has 2 bridgehead atoms. The Kier molecular flexibility index (Phi) is 5.55. The summed E-state index contributed by atoms with van der Waals surface area (Å²) in [5, 5.41) is 9.59. The first-order valence-electron chi connectivity index (χ1n) is 9.40. The highest BCUT2D eigenvalue weighted by Gasteiger charge is 2.49. The van der Waals surface area contributed by atoms with Crippen LogP contribution in [0.3, 0.4) is 0 Å². The van der Waals surface area contributed by atoms with Gasteiger partial charge in [-0.3, -0.25) is 9.88 Å². The fourth-order valence-corrected chi connectivity index (χ4v) is 4.08. The fourth-order valence-electron chi connectivity index (χ4n) is 4.08. The Balaban J connectivity index is 0.000000294. The normalized spacial score (nSPS) is 22.6. The molecule has 0 aromatic carbocycles. The molecule has 9 heteroatoms. The Hall–Kier alpha value is -3.62. The summed E-state index contributed by atoms with van der Waals surface area (Å²) >= 11 is 0. The molecule has 0 aliphatic carbocycles. The van der Waals surface area contributed by atoms with E-state index in [0.29, 0.717) is 6.54 Å². The minimum atomic E-state index is -0.862. The molecule has 9 nitrogen and oxygen atoms in total. The average molecular weight is 391 g/mol. The maximum atomic E-state index is 11.7. The van der Waals surface area contributed by atoms with E-state index in [1.807, 2.05) is 30.3 Å². The van der Waals surface area contributed by atoms with E-state index in [2.05, 4.69) is 29.8 Å². The first kappa shape index (κ1) is 18.7. The van der Waals surface area contributed by atoms with Crippen LogP contribution in [0.1, 0.15) is 24.6 Å². The highest BCUT2D eigenvalue weighted by atomic mass is 16.4. The second-order valence-corrected chi connectivity index (χ2v) is 6.81. The standard InChI is InChI=1S/C15H16N6O2.C5H5N/c22-15(23)21-10-1-2-12(21)14(11-3-5-16-8-18-11)20(7-10)13-4-6-17-9-19-13;1-2-4-6-5-3-1/h3-6,8-10,12,14H,1-2,7H2,(H,22,23);1-5H. The molecule has 3 unspecified atom stereocenters. The second kappa shape index (κ2) is 8.59.